The van der Waals surface area contributed by atoms with Crippen LogP contribution in [0.2, 0.25) is 0 Å². The van der Waals surface area contributed by atoms with Gasteiger partial charge in [-0.25, -0.2) is 0 Å². The molecule has 3 aromatic rings. The number of benzene rings is 1. The number of amides is 2. The number of pyridine rings is 1. The zero-order chi connectivity index (χ0) is 16.8. The maximum absolute atomic E-state index is 12.3. The number of nitrogen functional groups attached to an aromatic ring is 1. The molecule has 0 radical (unpaired) electrons. The van der Waals surface area contributed by atoms with Crippen molar-refractivity contribution in [3.63, 3.8) is 0 Å². The minimum atomic E-state index is -0.619. The van der Waals surface area contributed by atoms with Crippen molar-refractivity contribution in [3.8, 4) is 11.4 Å². The van der Waals surface area contributed by atoms with Crippen LogP contribution in [0.15, 0.2) is 47.5 Å². The van der Waals surface area contributed by atoms with Gasteiger partial charge in [-0.3, -0.25) is 24.3 Å². The second-order valence-electron chi connectivity index (χ2n) is 5.11. The van der Waals surface area contributed by atoms with Crippen molar-refractivity contribution in [2.75, 3.05) is 5.73 Å². The lowest BCUT2D eigenvalue weighted by Crippen LogP contribution is -2.24. The molecule has 9 heteroatoms. The number of carbonyl (C=O) groups is 2. The third kappa shape index (κ3) is 1.92. The predicted octanol–water partition coefficient (Wildman–Crippen LogP) is -0.116. The molecular formula is C15H10N6O3. The van der Waals surface area contributed by atoms with Crippen LogP contribution in [-0.4, -0.2) is 31.4 Å². The molecule has 4 rings (SSSR count). The van der Waals surface area contributed by atoms with Gasteiger partial charge in [-0.15, -0.1) is 0 Å². The summed E-state index contributed by atoms with van der Waals surface area (Å²) in [7, 11) is 0. The summed E-state index contributed by atoms with van der Waals surface area (Å²) in [5.41, 5.74) is 6.64. The normalized spacial score (nSPS) is 13.0. The SMILES string of the molecule is Nc1c2c(cc(=O)n1-c1ccc(-n3nccn3)cc1)C(=O)NC2=O. The molecule has 0 saturated carbocycles. The zero-order valence-corrected chi connectivity index (χ0v) is 12.1. The van der Waals surface area contributed by atoms with Crippen LogP contribution < -0.4 is 16.6 Å². The molecule has 118 valence electrons. The number of aromatic nitrogens is 4. The van der Waals surface area contributed by atoms with Gasteiger partial charge in [0, 0.05) is 6.07 Å². The Bertz CT molecular complexity index is 1030. The quantitative estimate of drug-likeness (QED) is 0.634. The number of anilines is 1. The standard InChI is InChI=1S/C15H10N6O3/c16-13-12-10(14(23)19-15(12)24)7-11(22)20(13)8-1-3-9(4-2-8)21-17-5-6-18-21/h1-7H,16H2,(H,19,23,24). The Morgan fingerprint density at radius 3 is 2.21 bits per heavy atom. The highest BCUT2D eigenvalue weighted by Gasteiger charge is 2.31. The number of nitrogens with zero attached hydrogens (tertiary/aromatic N) is 4. The van der Waals surface area contributed by atoms with Crippen LogP contribution >= 0.6 is 0 Å². The monoisotopic (exact) mass is 322 g/mol. The van der Waals surface area contributed by atoms with E-state index in [4.69, 9.17) is 5.73 Å². The molecule has 0 unspecified atom stereocenters. The van der Waals surface area contributed by atoms with E-state index in [0.717, 1.165) is 6.07 Å². The second kappa shape index (κ2) is 4.88. The molecule has 2 amide bonds. The minimum absolute atomic E-state index is 0.00360. The van der Waals surface area contributed by atoms with Crippen molar-refractivity contribution in [1.29, 1.82) is 0 Å². The molecule has 1 aliphatic rings. The van der Waals surface area contributed by atoms with Gasteiger partial charge < -0.3 is 5.73 Å². The maximum Gasteiger partial charge on any atom is 0.262 e. The van der Waals surface area contributed by atoms with Crippen LogP contribution in [0.4, 0.5) is 5.82 Å². The van der Waals surface area contributed by atoms with Gasteiger partial charge in [0.25, 0.3) is 17.4 Å². The van der Waals surface area contributed by atoms with E-state index in [-0.39, 0.29) is 16.9 Å². The molecule has 0 bridgehead atoms. The maximum atomic E-state index is 12.3. The van der Waals surface area contributed by atoms with Crippen molar-refractivity contribution in [2.24, 2.45) is 0 Å². The average molecular weight is 322 g/mol. The highest BCUT2D eigenvalue weighted by molar-refractivity contribution is 6.23. The Hall–Kier alpha value is -3.75. The minimum Gasteiger partial charge on any atom is -0.384 e. The second-order valence-corrected chi connectivity index (χ2v) is 5.11. The molecule has 3 heterocycles. The van der Waals surface area contributed by atoms with E-state index in [9.17, 15) is 14.4 Å². The van der Waals surface area contributed by atoms with Crippen LogP contribution in [0.25, 0.3) is 11.4 Å². The van der Waals surface area contributed by atoms with Gasteiger partial charge in [0.15, 0.2) is 0 Å². The Labute approximate surface area is 134 Å². The van der Waals surface area contributed by atoms with E-state index < -0.39 is 17.4 Å². The first kappa shape index (κ1) is 13.9. The predicted molar refractivity (Wildman–Crippen MR) is 83.2 cm³/mol. The summed E-state index contributed by atoms with van der Waals surface area (Å²) in [6.45, 7) is 0. The third-order valence-corrected chi connectivity index (χ3v) is 3.71. The fourth-order valence-electron chi connectivity index (χ4n) is 2.63. The van der Waals surface area contributed by atoms with Crippen LogP contribution in [0.1, 0.15) is 20.7 Å². The average Bonchev–Trinajstić information content (AvgIpc) is 3.17. The summed E-state index contributed by atoms with van der Waals surface area (Å²) >= 11 is 0. The van der Waals surface area contributed by atoms with E-state index >= 15 is 0 Å². The molecule has 1 aliphatic heterocycles. The summed E-state index contributed by atoms with van der Waals surface area (Å²) in [5.74, 6) is -1.31. The fourth-order valence-corrected chi connectivity index (χ4v) is 2.63. The van der Waals surface area contributed by atoms with Crippen LogP contribution in [0.3, 0.4) is 0 Å². The molecule has 24 heavy (non-hydrogen) atoms. The number of nitrogens with one attached hydrogen (secondary N) is 1. The highest BCUT2D eigenvalue weighted by atomic mass is 16.2. The summed E-state index contributed by atoms with van der Waals surface area (Å²) in [6, 6.07) is 7.82. The van der Waals surface area contributed by atoms with Crippen molar-refractivity contribution in [1.82, 2.24) is 24.9 Å². The summed E-state index contributed by atoms with van der Waals surface area (Å²) < 4.78 is 1.18. The Balaban J connectivity index is 1.86. The van der Waals surface area contributed by atoms with Gasteiger partial charge >= 0.3 is 0 Å². The number of carbonyl (C=O) groups excluding carboxylic acids is 2. The van der Waals surface area contributed by atoms with E-state index in [1.54, 1.807) is 36.7 Å². The first-order valence-electron chi connectivity index (χ1n) is 6.94. The van der Waals surface area contributed by atoms with Crippen molar-refractivity contribution in [2.45, 2.75) is 0 Å². The lowest BCUT2D eigenvalue weighted by Gasteiger charge is -2.12. The van der Waals surface area contributed by atoms with Crippen molar-refractivity contribution < 1.29 is 9.59 Å². The fraction of sp³-hybridized carbons (Fsp3) is 0. The van der Waals surface area contributed by atoms with E-state index in [1.807, 2.05) is 0 Å². The third-order valence-electron chi connectivity index (χ3n) is 3.71. The van der Waals surface area contributed by atoms with Crippen LogP contribution in [0, 0.1) is 0 Å². The number of hydrogen-bond donors (Lipinski definition) is 2. The first-order valence-corrected chi connectivity index (χ1v) is 6.94. The molecular weight excluding hydrogens is 312 g/mol. The molecule has 0 fully saturated rings. The largest absolute Gasteiger partial charge is 0.384 e. The first-order chi connectivity index (χ1) is 11.6. The van der Waals surface area contributed by atoms with Gasteiger partial charge in [0.2, 0.25) is 0 Å². The van der Waals surface area contributed by atoms with E-state index in [2.05, 4.69) is 15.5 Å². The molecule has 2 aromatic heterocycles. The molecule has 0 atom stereocenters. The zero-order valence-electron chi connectivity index (χ0n) is 12.1. The molecule has 0 spiro atoms. The molecule has 3 N–H and O–H groups in total. The summed E-state index contributed by atoms with van der Waals surface area (Å²) in [4.78, 5) is 37.3. The summed E-state index contributed by atoms with van der Waals surface area (Å²) in [5, 5.41) is 10.1. The highest BCUT2D eigenvalue weighted by Crippen LogP contribution is 2.23. The van der Waals surface area contributed by atoms with Crippen molar-refractivity contribution >= 4 is 17.6 Å². The smallest absolute Gasteiger partial charge is 0.262 e. The number of fused-ring (bicyclic) bond motifs is 1. The van der Waals surface area contributed by atoms with Crippen LogP contribution in [0.5, 0.6) is 0 Å². The molecule has 0 aliphatic carbocycles. The lowest BCUT2D eigenvalue weighted by molar-refractivity contribution is 0.0880. The number of rotatable bonds is 2. The Morgan fingerprint density at radius 2 is 1.54 bits per heavy atom. The van der Waals surface area contributed by atoms with Gasteiger partial charge in [-0.2, -0.15) is 15.0 Å². The van der Waals surface area contributed by atoms with E-state index in [1.165, 1.54) is 9.36 Å². The summed E-state index contributed by atoms with van der Waals surface area (Å²) in [6.07, 6.45) is 3.10. The van der Waals surface area contributed by atoms with Gasteiger partial charge in [-0.05, 0) is 24.3 Å². The Morgan fingerprint density at radius 1 is 0.917 bits per heavy atom. The van der Waals surface area contributed by atoms with Crippen LogP contribution in [-0.2, 0) is 0 Å². The van der Waals surface area contributed by atoms with Gasteiger partial charge in [0.05, 0.1) is 34.9 Å². The number of imide groups is 1. The van der Waals surface area contributed by atoms with Gasteiger partial charge in [-0.1, -0.05) is 0 Å². The number of hydrogen-bond acceptors (Lipinski definition) is 6. The Kier molecular flexibility index (Phi) is 2.82. The lowest BCUT2D eigenvalue weighted by atomic mass is 10.1. The van der Waals surface area contributed by atoms with Gasteiger partial charge in [0.1, 0.15) is 5.82 Å². The number of nitrogens with two attached hydrogens (primary N) is 1. The molecule has 1 aromatic carbocycles. The van der Waals surface area contributed by atoms with E-state index in [0.29, 0.717) is 11.4 Å². The topological polar surface area (TPSA) is 125 Å². The van der Waals surface area contributed by atoms with Crippen molar-refractivity contribution in [3.05, 3.63) is 64.2 Å². The molecule has 9 nitrogen and oxygen atoms in total. The molecule has 0 saturated heterocycles.